The number of guanidine groups is 1. The fourth-order valence-electron chi connectivity index (χ4n) is 4.12. The topological polar surface area (TPSA) is 294 Å². The van der Waals surface area contributed by atoms with Crippen molar-refractivity contribution < 1.29 is 34.2 Å². The summed E-state index contributed by atoms with van der Waals surface area (Å²) < 4.78 is 0. The second-order valence-corrected chi connectivity index (χ2v) is 9.81. The van der Waals surface area contributed by atoms with Gasteiger partial charge in [-0.05, 0) is 37.8 Å². The summed E-state index contributed by atoms with van der Waals surface area (Å²) in [5.74, 6) is -4.69. The number of aliphatic hydroxyl groups is 1. The van der Waals surface area contributed by atoms with Gasteiger partial charge in [0.25, 0.3) is 0 Å². The molecule has 0 spiro atoms. The maximum atomic E-state index is 13.2. The maximum Gasteiger partial charge on any atom is 0.326 e. The molecule has 0 bridgehead atoms. The number of hydrogen-bond acceptors (Lipinski definition) is 8. The Hall–Kier alpha value is -4.70. The predicted octanol–water partition coefficient (Wildman–Crippen LogP) is -2.72. The van der Waals surface area contributed by atoms with Crippen LogP contribution in [0.4, 0.5) is 0 Å². The Morgan fingerprint density at radius 3 is 2.24 bits per heavy atom. The summed E-state index contributed by atoms with van der Waals surface area (Å²) in [5.41, 5.74) is 23.0. The number of carbonyl (C=O) groups is 5. The van der Waals surface area contributed by atoms with Gasteiger partial charge in [-0.2, -0.15) is 0 Å². The van der Waals surface area contributed by atoms with Gasteiger partial charge >= 0.3 is 5.97 Å². The highest BCUT2D eigenvalue weighted by atomic mass is 16.4. The highest BCUT2D eigenvalue weighted by Gasteiger charge is 2.33. The van der Waals surface area contributed by atoms with Crippen LogP contribution in [0.15, 0.2) is 35.5 Å². The third-order valence-corrected chi connectivity index (χ3v) is 6.39. The number of nitrogens with one attached hydrogen (secondary N) is 4. The van der Waals surface area contributed by atoms with E-state index in [9.17, 15) is 34.2 Å². The molecule has 0 aliphatic carbocycles. The van der Waals surface area contributed by atoms with Crippen LogP contribution < -0.4 is 38.9 Å². The molecule has 0 saturated carbocycles. The number of aromatic amines is 1. The van der Waals surface area contributed by atoms with E-state index < -0.39 is 59.9 Å². The first-order valence-corrected chi connectivity index (χ1v) is 13.3. The molecule has 1 heterocycles. The van der Waals surface area contributed by atoms with Crippen molar-refractivity contribution in [2.75, 3.05) is 6.54 Å². The summed E-state index contributed by atoms with van der Waals surface area (Å²) in [4.78, 5) is 68.8. The van der Waals surface area contributed by atoms with Gasteiger partial charge in [0.05, 0.1) is 12.1 Å². The quantitative estimate of drug-likeness (QED) is 0.0516. The first-order chi connectivity index (χ1) is 19.8. The smallest absolute Gasteiger partial charge is 0.326 e. The summed E-state index contributed by atoms with van der Waals surface area (Å²) in [5, 5.41) is 28.1. The Morgan fingerprint density at radius 1 is 0.952 bits per heavy atom. The molecule has 42 heavy (non-hydrogen) atoms. The van der Waals surface area contributed by atoms with E-state index in [4.69, 9.17) is 22.9 Å². The van der Waals surface area contributed by atoms with E-state index in [0.29, 0.717) is 5.56 Å². The number of rotatable bonds is 17. The average molecular weight is 590 g/mol. The van der Waals surface area contributed by atoms with Crippen molar-refractivity contribution in [1.29, 1.82) is 0 Å². The van der Waals surface area contributed by atoms with Gasteiger partial charge in [0.2, 0.25) is 23.6 Å². The zero-order chi connectivity index (χ0) is 31.4. The number of aliphatic carboxylic acids is 1. The molecular formula is C26H39N9O7. The number of carbonyl (C=O) groups excluding carboxylic acids is 4. The molecule has 14 N–H and O–H groups in total. The Labute approximate surface area is 241 Å². The maximum absolute atomic E-state index is 13.2. The van der Waals surface area contributed by atoms with Gasteiger partial charge in [0.15, 0.2) is 5.96 Å². The van der Waals surface area contributed by atoms with Gasteiger partial charge in [-0.25, -0.2) is 4.79 Å². The van der Waals surface area contributed by atoms with Crippen molar-refractivity contribution in [1.82, 2.24) is 20.9 Å². The van der Waals surface area contributed by atoms with E-state index in [2.05, 4.69) is 25.9 Å². The standard InChI is InChI=1S/C26H39N9O7/c1-13(36)21(24(40)34-19(25(41)42)11-14-12-32-17-6-3-2-5-15(14)17)35-23(39)18(7-4-10-31-26(29)30)33-22(38)16(27)8-9-20(28)37/h2-3,5-6,12-13,16,18-19,21,32,36H,4,7-11,27H2,1H3,(H2,28,37)(H,33,38)(H,34,40)(H,35,39)(H,41,42)(H4,29,30,31). The molecular weight excluding hydrogens is 550 g/mol. The Balaban J connectivity index is 2.16. The Bertz CT molecular complexity index is 1290. The van der Waals surface area contributed by atoms with Crippen LogP contribution >= 0.6 is 0 Å². The minimum atomic E-state index is -1.57. The van der Waals surface area contributed by atoms with Crippen molar-refractivity contribution in [2.24, 2.45) is 27.9 Å². The van der Waals surface area contributed by atoms with E-state index in [1.54, 1.807) is 12.3 Å². The van der Waals surface area contributed by atoms with Crippen LogP contribution in [0.3, 0.4) is 0 Å². The molecule has 1 aromatic heterocycles. The Kier molecular flexibility index (Phi) is 12.7. The van der Waals surface area contributed by atoms with Gasteiger partial charge in [-0.15, -0.1) is 0 Å². The molecule has 0 fully saturated rings. The van der Waals surface area contributed by atoms with Crippen molar-refractivity contribution in [2.45, 2.75) is 69.3 Å². The van der Waals surface area contributed by atoms with Crippen LogP contribution in [0.5, 0.6) is 0 Å². The number of aliphatic imine (C=N–C) groups is 1. The Morgan fingerprint density at radius 2 is 1.62 bits per heavy atom. The number of primary amides is 1. The van der Waals surface area contributed by atoms with Crippen LogP contribution in [0.25, 0.3) is 10.9 Å². The van der Waals surface area contributed by atoms with E-state index in [-0.39, 0.29) is 44.6 Å². The molecule has 0 saturated heterocycles. The molecule has 0 aliphatic heterocycles. The summed E-state index contributed by atoms with van der Waals surface area (Å²) in [6.45, 7) is 1.37. The second-order valence-electron chi connectivity index (χ2n) is 9.81. The largest absolute Gasteiger partial charge is 0.480 e. The van der Waals surface area contributed by atoms with E-state index in [0.717, 1.165) is 10.9 Å². The van der Waals surface area contributed by atoms with Gasteiger partial charge in [-0.1, -0.05) is 18.2 Å². The van der Waals surface area contributed by atoms with Gasteiger partial charge in [0.1, 0.15) is 18.1 Å². The highest BCUT2D eigenvalue weighted by molar-refractivity contribution is 5.94. The summed E-state index contributed by atoms with van der Waals surface area (Å²) in [7, 11) is 0. The zero-order valence-electron chi connectivity index (χ0n) is 23.2. The normalized spacial score (nSPS) is 14.5. The van der Waals surface area contributed by atoms with E-state index in [1.807, 2.05) is 18.2 Å². The lowest BCUT2D eigenvalue weighted by Gasteiger charge is -2.26. The number of amides is 4. The number of nitrogens with two attached hydrogens (primary N) is 4. The van der Waals surface area contributed by atoms with Gasteiger partial charge < -0.3 is 54.1 Å². The van der Waals surface area contributed by atoms with Gasteiger partial charge in [-0.3, -0.25) is 24.2 Å². The number of aliphatic hydroxyl groups excluding tert-OH is 1. The minimum absolute atomic E-state index is 0.0172. The van der Waals surface area contributed by atoms with Crippen molar-refractivity contribution in [3.05, 3.63) is 36.0 Å². The van der Waals surface area contributed by atoms with Gasteiger partial charge in [0, 0.05) is 36.5 Å². The molecule has 16 nitrogen and oxygen atoms in total. The molecule has 0 radical (unpaired) electrons. The number of H-pyrrole nitrogens is 1. The molecule has 4 amide bonds. The van der Waals surface area contributed by atoms with E-state index >= 15 is 0 Å². The van der Waals surface area contributed by atoms with Crippen molar-refractivity contribution >= 4 is 46.5 Å². The number of para-hydroxylation sites is 1. The number of fused-ring (bicyclic) bond motifs is 1. The van der Waals surface area contributed by atoms with Crippen LogP contribution in [0.2, 0.25) is 0 Å². The summed E-state index contributed by atoms with van der Waals surface area (Å²) >= 11 is 0. The lowest BCUT2D eigenvalue weighted by atomic mass is 10.0. The molecule has 16 heteroatoms. The third-order valence-electron chi connectivity index (χ3n) is 6.39. The summed E-state index contributed by atoms with van der Waals surface area (Å²) in [6, 6.07) is 1.91. The number of nitrogens with zero attached hydrogens (tertiary/aromatic N) is 1. The lowest BCUT2D eigenvalue weighted by Crippen LogP contribution is -2.60. The number of aromatic nitrogens is 1. The molecule has 0 aliphatic rings. The minimum Gasteiger partial charge on any atom is -0.480 e. The fraction of sp³-hybridized carbons (Fsp3) is 0.462. The SMILES string of the molecule is CC(O)C(NC(=O)C(CCCN=C(N)N)NC(=O)C(N)CCC(N)=O)C(=O)NC(Cc1c[nH]c2ccccc12)C(=O)O. The second kappa shape index (κ2) is 15.9. The number of benzene rings is 1. The summed E-state index contributed by atoms with van der Waals surface area (Å²) in [6.07, 6.45) is 0.182. The number of carboxylic acids is 1. The van der Waals surface area contributed by atoms with E-state index in [1.165, 1.54) is 6.92 Å². The van der Waals surface area contributed by atoms with Crippen LogP contribution in [-0.2, 0) is 30.4 Å². The number of hydrogen-bond donors (Lipinski definition) is 10. The average Bonchev–Trinajstić information content (AvgIpc) is 3.33. The monoisotopic (exact) mass is 589 g/mol. The molecule has 230 valence electrons. The fourth-order valence-corrected chi connectivity index (χ4v) is 4.12. The first-order valence-electron chi connectivity index (χ1n) is 13.3. The first kappa shape index (κ1) is 33.5. The molecule has 1 aromatic carbocycles. The molecule has 5 atom stereocenters. The lowest BCUT2D eigenvalue weighted by molar-refractivity contribution is -0.143. The van der Waals surface area contributed by atoms with Crippen molar-refractivity contribution in [3.63, 3.8) is 0 Å². The zero-order valence-corrected chi connectivity index (χ0v) is 23.2. The van der Waals surface area contributed by atoms with Crippen LogP contribution in [0.1, 0.15) is 38.2 Å². The molecule has 2 rings (SSSR count). The molecule has 5 unspecified atom stereocenters. The van der Waals surface area contributed by atoms with Crippen LogP contribution in [0, 0.1) is 0 Å². The van der Waals surface area contributed by atoms with Crippen LogP contribution in [-0.4, -0.2) is 87.6 Å². The predicted molar refractivity (Wildman–Crippen MR) is 153 cm³/mol. The van der Waals surface area contributed by atoms with Crippen molar-refractivity contribution in [3.8, 4) is 0 Å². The third kappa shape index (κ3) is 10.4. The highest BCUT2D eigenvalue weighted by Crippen LogP contribution is 2.19. The molecule has 2 aromatic rings. The number of carboxylic acid groups (broad SMARTS) is 1.